The molecule has 4 atom stereocenters. The van der Waals surface area contributed by atoms with Crippen molar-refractivity contribution in [1.82, 2.24) is 10.6 Å². The SMILES string of the molecule is CC1CCC(C2CCCNC2)C(C(=O)O)N1. The average molecular weight is 226 g/mol. The fourth-order valence-electron chi connectivity index (χ4n) is 3.13. The lowest BCUT2D eigenvalue weighted by molar-refractivity contribution is -0.143. The Balaban J connectivity index is 2.02. The highest BCUT2D eigenvalue weighted by Gasteiger charge is 2.38. The summed E-state index contributed by atoms with van der Waals surface area (Å²) in [6.07, 6.45) is 4.52. The Morgan fingerprint density at radius 1 is 1.31 bits per heavy atom. The van der Waals surface area contributed by atoms with Crippen LogP contribution in [0, 0.1) is 11.8 Å². The van der Waals surface area contributed by atoms with E-state index in [-0.39, 0.29) is 6.04 Å². The fourth-order valence-corrected chi connectivity index (χ4v) is 3.13. The topological polar surface area (TPSA) is 61.4 Å². The predicted molar refractivity (Wildman–Crippen MR) is 62.3 cm³/mol. The highest BCUT2D eigenvalue weighted by molar-refractivity contribution is 5.74. The first-order valence-electron chi connectivity index (χ1n) is 6.38. The summed E-state index contributed by atoms with van der Waals surface area (Å²) in [5, 5.41) is 15.9. The second-order valence-corrected chi connectivity index (χ2v) is 5.23. The van der Waals surface area contributed by atoms with Crippen molar-refractivity contribution in [3.63, 3.8) is 0 Å². The number of aliphatic carboxylic acids is 1. The number of carbonyl (C=O) groups is 1. The van der Waals surface area contributed by atoms with Gasteiger partial charge in [0.15, 0.2) is 0 Å². The van der Waals surface area contributed by atoms with Gasteiger partial charge in [-0.2, -0.15) is 0 Å². The Bertz CT molecular complexity index is 251. The number of carboxylic acid groups (broad SMARTS) is 1. The zero-order valence-corrected chi connectivity index (χ0v) is 9.91. The molecule has 4 nitrogen and oxygen atoms in total. The van der Waals surface area contributed by atoms with E-state index in [1.807, 2.05) is 0 Å². The zero-order valence-electron chi connectivity index (χ0n) is 9.91. The van der Waals surface area contributed by atoms with Crippen LogP contribution in [0.15, 0.2) is 0 Å². The molecular formula is C12H22N2O2. The molecule has 0 aromatic carbocycles. The number of hydrogen-bond donors (Lipinski definition) is 3. The van der Waals surface area contributed by atoms with Crippen LogP contribution in [0.5, 0.6) is 0 Å². The van der Waals surface area contributed by atoms with Gasteiger partial charge in [0, 0.05) is 6.04 Å². The molecule has 0 radical (unpaired) electrons. The molecule has 2 fully saturated rings. The van der Waals surface area contributed by atoms with Crippen molar-refractivity contribution in [2.45, 2.75) is 44.7 Å². The molecule has 2 saturated heterocycles. The summed E-state index contributed by atoms with van der Waals surface area (Å²) in [5.41, 5.74) is 0. The standard InChI is InChI=1S/C12H22N2O2/c1-8-4-5-10(11(14-8)12(15)16)9-3-2-6-13-7-9/h8-11,13-14H,2-7H2,1H3,(H,15,16). The molecule has 2 heterocycles. The highest BCUT2D eigenvalue weighted by atomic mass is 16.4. The number of carboxylic acids is 1. The minimum absolute atomic E-state index is 0.307. The Labute approximate surface area is 96.8 Å². The normalized spacial score (nSPS) is 40.6. The molecule has 0 aromatic rings. The van der Waals surface area contributed by atoms with E-state index in [4.69, 9.17) is 0 Å². The second kappa shape index (κ2) is 5.15. The fraction of sp³-hybridized carbons (Fsp3) is 0.917. The summed E-state index contributed by atoms with van der Waals surface area (Å²) in [6.45, 7) is 4.15. The van der Waals surface area contributed by atoms with E-state index >= 15 is 0 Å². The number of rotatable bonds is 2. The molecule has 92 valence electrons. The molecule has 0 spiro atoms. The molecular weight excluding hydrogens is 204 g/mol. The molecule has 0 aliphatic carbocycles. The van der Waals surface area contributed by atoms with Crippen LogP contribution in [-0.4, -0.2) is 36.2 Å². The smallest absolute Gasteiger partial charge is 0.321 e. The molecule has 3 N–H and O–H groups in total. The monoisotopic (exact) mass is 226 g/mol. The van der Waals surface area contributed by atoms with Gasteiger partial charge in [-0.1, -0.05) is 0 Å². The summed E-state index contributed by atoms with van der Waals surface area (Å²) >= 11 is 0. The van der Waals surface area contributed by atoms with E-state index in [1.165, 1.54) is 12.8 Å². The molecule has 0 amide bonds. The summed E-state index contributed by atoms with van der Waals surface area (Å²) < 4.78 is 0. The Morgan fingerprint density at radius 3 is 2.75 bits per heavy atom. The maximum Gasteiger partial charge on any atom is 0.321 e. The van der Waals surface area contributed by atoms with Crippen molar-refractivity contribution in [3.8, 4) is 0 Å². The van der Waals surface area contributed by atoms with Gasteiger partial charge in [0.05, 0.1) is 0 Å². The number of piperidine rings is 2. The summed E-state index contributed by atoms with van der Waals surface area (Å²) in [4.78, 5) is 11.3. The third-order valence-corrected chi connectivity index (χ3v) is 4.03. The van der Waals surface area contributed by atoms with Gasteiger partial charge in [-0.25, -0.2) is 0 Å². The van der Waals surface area contributed by atoms with Crippen molar-refractivity contribution in [3.05, 3.63) is 0 Å². The minimum atomic E-state index is -0.679. The van der Waals surface area contributed by atoms with Crippen molar-refractivity contribution < 1.29 is 9.90 Å². The Hall–Kier alpha value is -0.610. The van der Waals surface area contributed by atoms with Crippen molar-refractivity contribution in [1.29, 1.82) is 0 Å². The molecule has 4 heteroatoms. The van der Waals surface area contributed by atoms with E-state index in [0.29, 0.717) is 17.9 Å². The first kappa shape index (κ1) is 11.9. The first-order valence-corrected chi connectivity index (χ1v) is 6.38. The Kier molecular flexibility index (Phi) is 3.82. The average Bonchev–Trinajstić information content (AvgIpc) is 2.30. The third kappa shape index (κ3) is 2.55. The number of hydrogen-bond acceptors (Lipinski definition) is 3. The van der Waals surface area contributed by atoms with E-state index < -0.39 is 5.97 Å². The lowest BCUT2D eigenvalue weighted by Crippen LogP contribution is -2.54. The van der Waals surface area contributed by atoms with Crippen LogP contribution in [0.2, 0.25) is 0 Å². The van der Waals surface area contributed by atoms with E-state index in [0.717, 1.165) is 25.9 Å². The van der Waals surface area contributed by atoms with Gasteiger partial charge < -0.3 is 15.7 Å². The van der Waals surface area contributed by atoms with Gasteiger partial charge in [0.1, 0.15) is 6.04 Å². The van der Waals surface area contributed by atoms with Crippen molar-refractivity contribution >= 4 is 5.97 Å². The van der Waals surface area contributed by atoms with Crippen LogP contribution in [0.4, 0.5) is 0 Å². The minimum Gasteiger partial charge on any atom is -0.480 e. The largest absolute Gasteiger partial charge is 0.480 e. The molecule has 2 aliphatic rings. The maximum atomic E-state index is 11.3. The van der Waals surface area contributed by atoms with Gasteiger partial charge >= 0.3 is 5.97 Å². The Morgan fingerprint density at radius 2 is 2.12 bits per heavy atom. The summed E-state index contributed by atoms with van der Waals surface area (Å²) in [7, 11) is 0. The van der Waals surface area contributed by atoms with Crippen LogP contribution < -0.4 is 10.6 Å². The van der Waals surface area contributed by atoms with Gasteiger partial charge in [0.2, 0.25) is 0 Å². The van der Waals surface area contributed by atoms with Crippen LogP contribution in [0.25, 0.3) is 0 Å². The molecule has 16 heavy (non-hydrogen) atoms. The van der Waals surface area contributed by atoms with E-state index in [2.05, 4.69) is 17.6 Å². The van der Waals surface area contributed by atoms with Crippen LogP contribution >= 0.6 is 0 Å². The van der Waals surface area contributed by atoms with E-state index in [9.17, 15) is 9.90 Å². The molecule has 0 saturated carbocycles. The predicted octanol–water partition coefficient (Wildman–Crippen LogP) is 0.827. The van der Waals surface area contributed by atoms with Gasteiger partial charge in [-0.15, -0.1) is 0 Å². The molecule has 0 bridgehead atoms. The molecule has 0 aromatic heterocycles. The van der Waals surface area contributed by atoms with Gasteiger partial charge in [0.25, 0.3) is 0 Å². The van der Waals surface area contributed by atoms with Crippen LogP contribution in [0.3, 0.4) is 0 Å². The summed E-state index contributed by atoms with van der Waals surface area (Å²) in [6, 6.07) is 0.00236. The zero-order chi connectivity index (χ0) is 11.5. The van der Waals surface area contributed by atoms with Gasteiger partial charge in [-0.3, -0.25) is 4.79 Å². The van der Waals surface area contributed by atoms with Crippen molar-refractivity contribution in [2.24, 2.45) is 11.8 Å². The van der Waals surface area contributed by atoms with Crippen molar-refractivity contribution in [2.75, 3.05) is 13.1 Å². The number of nitrogens with one attached hydrogen (secondary N) is 2. The highest BCUT2D eigenvalue weighted by Crippen LogP contribution is 2.31. The lowest BCUT2D eigenvalue weighted by Gasteiger charge is -2.40. The van der Waals surface area contributed by atoms with Crippen LogP contribution in [-0.2, 0) is 4.79 Å². The molecule has 4 unspecified atom stereocenters. The molecule has 2 rings (SSSR count). The third-order valence-electron chi connectivity index (χ3n) is 4.03. The van der Waals surface area contributed by atoms with E-state index in [1.54, 1.807) is 0 Å². The first-order chi connectivity index (χ1) is 7.68. The van der Waals surface area contributed by atoms with Crippen LogP contribution in [0.1, 0.15) is 32.6 Å². The second-order valence-electron chi connectivity index (χ2n) is 5.23. The maximum absolute atomic E-state index is 11.3. The summed E-state index contributed by atoms with van der Waals surface area (Å²) in [5.74, 6) is 0.165. The quantitative estimate of drug-likeness (QED) is 0.652. The lowest BCUT2D eigenvalue weighted by atomic mass is 9.75. The molecule has 2 aliphatic heterocycles. The van der Waals surface area contributed by atoms with Gasteiger partial charge in [-0.05, 0) is 57.5 Å².